The van der Waals surface area contributed by atoms with Gasteiger partial charge in [0.2, 0.25) is 0 Å². The van der Waals surface area contributed by atoms with Gasteiger partial charge in [-0.1, -0.05) is 13.8 Å². The average molecular weight is 237 g/mol. The monoisotopic (exact) mass is 237 g/mol. The van der Waals surface area contributed by atoms with Gasteiger partial charge in [-0.25, -0.2) is 4.98 Å². The zero-order valence-electron chi connectivity index (χ0n) is 9.34. The van der Waals surface area contributed by atoms with E-state index in [-0.39, 0.29) is 6.04 Å². The molecule has 0 saturated carbocycles. The number of rotatable bonds is 4. The number of hydrogen-bond acceptors (Lipinski definition) is 5. The highest BCUT2D eigenvalue weighted by molar-refractivity contribution is 7.13. The van der Waals surface area contributed by atoms with Crippen molar-refractivity contribution in [3.05, 3.63) is 17.3 Å². The van der Waals surface area contributed by atoms with E-state index in [4.69, 9.17) is 5.73 Å². The van der Waals surface area contributed by atoms with Crippen molar-refractivity contribution < 1.29 is 0 Å². The molecule has 2 aromatic heterocycles. The summed E-state index contributed by atoms with van der Waals surface area (Å²) in [6, 6.07) is 0.159. The summed E-state index contributed by atoms with van der Waals surface area (Å²) >= 11 is 1.57. The quantitative estimate of drug-likeness (QED) is 0.843. The van der Waals surface area contributed by atoms with Crippen molar-refractivity contribution in [1.29, 1.82) is 0 Å². The van der Waals surface area contributed by atoms with Crippen LogP contribution in [0.25, 0.3) is 10.7 Å². The fraction of sp³-hybridized carbons (Fsp3) is 0.500. The lowest BCUT2D eigenvalue weighted by Gasteiger charge is -2.13. The second-order valence-corrected chi connectivity index (χ2v) is 4.97. The van der Waals surface area contributed by atoms with Crippen LogP contribution in [0, 0.1) is 5.92 Å². The molecule has 3 N–H and O–H groups in total. The van der Waals surface area contributed by atoms with E-state index in [0.717, 1.165) is 22.8 Å². The van der Waals surface area contributed by atoms with Crippen LogP contribution in [0.5, 0.6) is 0 Å². The summed E-state index contributed by atoms with van der Waals surface area (Å²) in [4.78, 5) is 4.49. The van der Waals surface area contributed by atoms with Crippen molar-refractivity contribution in [2.75, 3.05) is 0 Å². The van der Waals surface area contributed by atoms with Gasteiger partial charge in [0.25, 0.3) is 0 Å². The molecule has 6 heteroatoms. The second-order valence-electron chi connectivity index (χ2n) is 4.11. The van der Waals surface area contributed by atoms with Gasteiger partial charge in [-0.05, 0) is 5.92 Å². The first-order chi connectivity index (χ1) is 7.66. The van der Waals surface area contributed by atoms with Crippen molar-refractivity contribution in [2.24, 2.45) is 11.7 Å². The number of nitrogens with zero attached hydrogens (tertiary/aromatic N) is 3. The van der Waals surface area contributed by atoms with Gasteiger partial charge in [0, 0.05) is 17.8 Å². The highest BCUT2D eigenvalue weighted by Crippen LogP contribution is 2.21. The summed E-state index contributed by atoms with van der Waals surface area (Å²) in [5.41, 5.74) is 7.83. The Morgan fingerprint density at radius 1 is 1.50 bits per heavy atom. The Bertz CT molecular complexity index is 434. The molecule has 0 radical (unpaired) electrons. The Hall–Kier alpha value is -1.27. The number of aromatic nitrogens is 4. The van der Waals surface area contributed by atoms with E-state index in [9.17, 15) is 0 Å². The van der Waals surface area contributed by atoms with Gasteiger partial charge in [0.05, 0.1) is 11.9 Å². The molecule has 1 unspecified atom stereocenters. The van der Waals surface area contributed by atoms with E-state index < -0.39 is 0 Å². The molecule has 2 rings (SSSR count). The Morgan fingerprint density at radius 3 is 2.94 bits per heavy atom. The smallest absolute Gasteiger partial charge is 0.145 e. The van der Waals surface area contributed by atoms with E-state index in [0.29, 0.717) is 5.92 Å². The van der Waals surface area contributed by atoms with Crippen molar-refractivity contribution >= 4 is 11.3 Å². The summed E-state index contributed by atoms with van der Waals surface area (Å²) in [5.74, 6) is 0.470. The molecule has 0 bridgehead atoms. The lowest BCUT2D eigenvalue weighted by molar-refractivity contribution is 0.487. The van der Waals surface area contributed by atoms with E-state index in [2.05, 4.69) is 34.2 Å². The van der Waals surface area contributed by atoms with E-state index >= 15 is 0 Å². The minimum atomic E-state index is 0.159. The third-order valence-electron chi connectivity index (χ3n) is 2.49. The molecule has 16 heavy (non-hydrogen) atoms. The molecule has 0 spiro atoms. The fourth-order valence-corrected chi connectivity index (χ4v) is 2.09. The van der Waals surface area contributed by atoms with Gasteiger partial charge in [0.15, 0.2) is 0 Å². The maximum atomic E-state index is 6.01. The Morgan fingerprint density at radius 2 is 2.31 bits per heavy atom. The first-order valence-corrected chi connectivity index (χ1v) is 6.11. The molecule has 86 valence electrons. The van der Waals surface area contributed by atoms with Gasteiger partial charge >= 0.3 is 0 Å². The molecule has 0 aliphatic rings. The summed E-state index contributed by atoms with van der Waals surface area (Å²) in [6.45, 7) is 4.24. The topological polar surface area (TPSA) is 80.5 Å². The van der Waals surface area contributed by atoms with Crippen molar-refractivity contribution in [1.82, 2.24) is 20.4 Å². The largest absolute Gasteiger partial charge is 0.327 e. The van der Waals surface area contributed by atoms with Crippen LogP contribution < -0.4 is 5.73 Å². The molecule has 0 aromatic carbocycles. The molecule has 0 aliphatic heterocycles. The number of nitrogens with two attached hydrogens (primary N) is 1. The minimum absolute atomic E-state index is 0.159. The molecule has 0 amide bonds. The normalized spacial score (nSPS) is 13.2. The van der Waals surface area contributed by atoms with Crippen LogP contribution in [0.1, 0.15) is 19.5 Å². The number of H-pyrrole nitrogens is 1. The molecular weight excluding hydrogens is 222 g/mol. The zero-order valence-corrected chi connectivity index (χ0v) is 10.2. The minimum Gasteiger partial charge on any atom is -0.327 e. The predicted molar refractivity (Wildman–Crippen MR) is 64.0 cm³/mol. The lowest BCUT2D eigenvalue weighted by atomic mass is 10.0. The Kier molecular flexibility index (Phi) is 3.31. The highest BCUT2D eigenvalue weighted by atomic mass is 32.1. The average Bonchev–Trinajstić information content (AvgIpc) is 2.85. The highest BCUT2D eigenvalue weighted by Gasteiger charge is 2.12. The van der Waals surface area contributed by atoms with Gasteiger partial charge in [-0.3, -0.25) is 0 Å². The fourth-order valence-electron chi connectivity index (χ4n) is 1.30. The van der Waals surface area contributed by atoms with E-state index in [1.54, 1.807) is 17.5 Å². The molecule has 0 saturated heterocycles. The first kappa shape index (κ1) is 11.2. The van der Waals surface area contributed by atoms with Crippen LogP contribution in [0.2, 0.25) is 0 Å². The van der Waals surface area contributed by atoms with E-state index in [1.807, 2.05) is 5.38 Å². The van der Waals surface area contributed by atoms with Crippen molar-refractivity contribution in [2.45, 2.75) is 26.3 Å². The van der Waals surface area contributed by atoms with Crippen LogP contribution in [0.15, 0.2) is 11.6 Å². The second kappa shape index (κ2) is 4.71. The number of nitrogens with one attached hydrogen (secondary N) is 1. The van der Waals surface area contributed by atoms with Crippen molar-refractivity contribution in [3.63, 3.8) is 0 Å². The van der Waals surface area contributed by atoms with E-state index in [1.165, 1.54) is 0 Å². The van der Waals surface area contributed by atoms with Crippen LogP contribution in [0.4, 0.5) is 0 Å². The lowest BCUT2D eigenvalue weighted by Crippen LogP contribution is -2.28. The molecule has 0 fully saturated rings. The molecule has 2 aromatic rings. The van der Waals surface area contributed by atoms with Crippen LogP contribution in [-0.2, 0) is 6.42 Å². The molecule has 1 atom stereocenters. The zero-order chi connectivity index (χ0) is 11.5. The van der Waals surface area contributed by atoms with Crippen LogP contribution in [-0.4, -0.2) is 26.4 Å². The summed E-state index contributed by atoms with van der Waals surface area (Å²) in [7, 11) is 0. The SMILES string of the molecule is CC(C)C(N)Cc1csc(-c2cn[nH]n2)n1. The number of aromatic amines is 1. The number of thiazole rings is 1. The van der Waals surface area contributed by atoms with Crippen LogP contribution in [0.3, 0.4) is 0 Å². The third-order valence-corrected chi connectivity index (χ3v) is 3.40. The van der Waals surface area contributed by atoms with Gasteiger partial charge in [-0.15, -0.1) is 11.3 Å². The number of hydrogen-bond donors (Lipinski definition) is 2. The van der Waals surface area contributed by atoms with Crippen LogP contribution >= 0.6 is 11.3 Å². The molecule has 5 nitrogen and oxygen atoms in total. The molecular formula is C10H15N5S. The molecule has 2 heterocycles. The Balaban J connectivity index is 2.08. The maximum absolute atomic E-state index is 6.01. The summed E-state index contributed by atoms with van der Waals surface area (Å²) < 4.78 is 0. The molecule has 0 aliphatic carbocycles. The predicted octanol–water partition coefficient (Wildman–Crippen LogP) is 1.45. The summed E-state index contributed by atoms with van der Waals surface area (Å²) in [6.07, 6.45) is 2.48. The summed E-state index contributed by atoms with van der Waals surface area (Å²) in [5, 5.41) is 13.3. The first-order valence-electron chi connectivity index (χ1n) is 5.23. The van der Waals surface area contributed by atoms with Gasteiger partial charge < -0.3 is 5.73 Å². The van der Waals surface area contributed by atoms with Crippen molar-refractivity contribution in [3.8, 4) is 10.7 Å². The third kappa shape index (κ3) is 2.45. The van der Waals surface area contributed by atoms with Gasteiger partial charge in [0.1, 0.15) is 10.7 Å². The van der Waals surface area contributed by atoms with Gasteiger partial charge in [-0.2, -0.15) is 15.4 Å². The Labute approximate surface area is 98.1 Å². The maximum Gasteiger partial charge on any atom is 0.145 e. The standard InChI is InChI=1S/C10H15N5S/c1-6(2)8(11)3-7-5-16-10(13-7)9-4-12-15-14-9/h4-6,8H,3,11H2,1-2H3,(H,12,14,15).